The number of carboxylic acid groups (broad SMARTS) is 1. The lowest BCUT2D eigenvalue weighted by atomic mass is 10.2. The molecule has 1 aliphatic rings. The van der Waals surface area contributed by atoms with E-state index in [-0.39, 0.29) is 25.1 Å². The number of nitrogens with zero attached hydrogens (tertiary/aromatic N) is 2. The molecular formula is C12H23N3O4. The van der Waals surface area contributed by atoms with Gasteiger partial charge in [-0.2, -0.15) is 0 Å². The van der Waals surface area contributed by atoms with Crippen molar-refractivity contribution in [2.24, 2.45) is 0 Å². The summed E-state index contributed by atoms with van der Waals surface area (Å²) in [6.45, 7) is 3.99. The van der Waals surface area contributed by atoms with Crippen LogP contribution in [0.2, 0.25) is 0 Å². The number of urea groups is 1. The zero-order chi connectivity index (χ0) is 14.4. The number of aliphatic carboxylic acids is 1. The van der Waals surface area contributed by atoms with Crippen LogP contribution in [0.4, 0.5) is 4.79 Å². The largest absolute Gasteiger partial charge is 0.480 e. The number of amides is 2. The summed E-state index contributed by atoms with van der Waals surface area (Å²) in [6, 6.07) is -1.37. The first-order valence-corrected chi connectivity index (χ1v) is 6.55. The maximum Gasteiger partial charge on any atom is 0.326 e. The van der Waals surface area contributed by atoms with E-state index in [0.29, 0.717) is 6.54 Å². The van der Waals surface area contributed by atoms with Crippen molar-refractivity contribution in [2.75, 3.05) is 33.3 Å². The summed E-state index contributed by atoms with van der Waals surface area (Å²) in [7, 11) is 2.00. The van der Waals surface area contributed by atoms with Gasteiger partial charge in [0.1, 0.15) is 6.04 Å². The van der Waals surface area contributed by atoms with Gasteiger partial charge in [-0.05, 0) is 26.9 Å². The Labute approximate surface area is 113 Å². The molecule has 0 bridgehead atoms. The molecule has 0 saturated carbocycles. The van der Waals surface area contributed by atoms with Crippen molar-refractivity contribution in [3.05, 3.63) is 0 Å². The van der Waals surface area contributed by atoms with E-state index in [1.165, 1.54) is 0 Å². The fraction of sp³-hybridized carbons (Fsp3) is 0.833. The minimum atomic E-state index is -1.12. The van der Waals surface area contributed by atoms with E-state index < -0.39 is 12.0 Å². The molecule has 0 aromatic heterocycles. The predicted molar refractivity (Wildman–Crippen MR) is 69.9 cm³/mol. The Balaban J connectivity index is 2.62. The monoisotopic (exact) mass is 273 g/mol. The molecule has 0 spiro atoms. The van der Waals surface area contributed by atoms with Crippen LogP contribution in [0.25, 0.3) is 0 Å². The van der Waals surface area contributed by atoms with Crippen molar-refractivity contribution in [3.8, 4) is 0 Å². The maximum atomic E-state index is 12.1. The van der Waals surface area contributed by atoms with Crippen LogP contribution >= 0.6 is 0 Å². The molecule has 19 heavy (non-hydrogen) atoms. The number of carboxylic acids is 1. The SMILES string of the molecule is CC1CN(C)CCCN1C(=O)N[C@@H](CCO)C(=O)O. The lowest BCUT2D eigenvalue weighted by Gasteiger charge is -2.29. The van der Waals surface area contributed by atoms with E-state index in [1.54, 1.807) is 4.90 Å². The van der Waals surface area contributed by atoms with E-state index in [4.69, 9.17) is 10.2 Å². The highest BCUT2D eigenvalue weighted by molar-refractivity contribution is 5.82. The topological polar surface area (TPSA) is 93.1 Å². The Morgan fingerprint density at radius 3 is 2.68 bits per heavy atom. The Morgan fingerprint density at radius 1 is 1.42 bits per heavy atom. The molecule has 1 rings (SSSR count). The first kappa shape index (κ1) is 15.7. The fourth-order valence-electron chi connectivity index (χ4n) is 2.29. The van der Waals surface area contributed by atoms with Crippen LogP contribution in [-0.4, -0.2) is 77.4 Å². The number of aliphatic hydroxyl groups is 1. The van der Waals surface area contributed by atoms with Crippen LogP contribution in [0, 0.1) is 0 Å². The molecule has 0 aromatic carbocycles. The van der Waals surface area contributed by atoms with Gasteiger partial charge in [0, 0.05) is 32.2 Å². The van der Waals surface area contributed by atoms with Crippen LogP contribution in [0.3, 0.4) is 0 Å². The van der Waals surface area contributed by atoms with Gasteiger partial charge in [0.2, 0.25) is 0 Å². The van der Waals surface area contributed by atoms with Gasteiger partial charge in [0.05, 0.1) is 0 Å². The number of carbonyl (C=O) groups excluding carboxylic acids is 1. The normalized spacial score (nSPS) is 22.7. The number of hydrogen-bond acceptors (Lipinski definition) is 4. The van der Waals surface area contributed by atoms with Crippen molar-refractivity contribution < 1.29 is 19.8 Å². The van der Waals surface area contributed by atoms with Crippen molar-refractivity contribution in [1.29, 1.82) is 0 Å². The van der Waals surface area contributed by atoms with E-state index >= 15 is 0 Å². The molecule has 0 aromatic rings. The molecule has 1 saturated heterocycles. The molecule has 1 aliphatic heterocycles. The molecule has 0 radical (unpaired) electrons. The number of rotatable bonds is 4. The minimum absolute atomic E-state index is 0.0171. The molecule has 110 valence electrons. The van der Waals surface area contributed by atoms with Crippen molar-refractivity contribution in [3.63, 3.8) is 0 Å². The minimum Gasteiger partial charge on any atom is -0.480 e. The van der Waals surface area contributed by atoms with Gasteiger partial charge in [-0.25, -0.2) is 9.59 Å². The third-order valence-electron chi connectivity index (χ3n) is 3.32. The van der Waals surface area contributed by atoms with Gasteiger partial charge < -0.3 is 25.3 Å². The van der Waals surface area contributed by atoms with Crippen LogP contribution < -0.4 is 5.32 Å². The second kappa shape index (κ2) is 7.30. The average molecular weight is 273 g/mol. The molecular weight excluding hydrogens is 250 g/mol. The third-order valence-corrected chi connectivity index (χ3v) is 3.32. The smallest absolute Gasteiger partial charge is 0.326 e. The molecule has 7 nitrogen and oxygen atoms in total. The first-order valence-electron chi connectivity index (χ1n) is 6.55. The highest BCUT2D eigenvalue weighted by atomic mass is 16.4. The molecule has 7 heteroatoms. The van der Waals surface area contributed by atoms with E-state index in [0.717, 1.165) is 19.5 Å². The predicted octanol–water partition coefficient (Wildman–Crippen LogP) is -0.442. The molecule has 1 fully saturated rings. The van der Waals surface area contributed by atoms with Crippen molar-refractivity contribution in [1.82, 2.24) is 15.1 Å². The highest BCUT2D eigenvalue weighted by Gasteiger charge is 2.27. The van der Waals surface area contributed by atoms with E-state index in [2.05, 4.69) is 10.2 Å². The molecule has 0 aliphatic carbocycles. The lowest BCUT2D eigenvalue weighted by molar-refractivity contribution is -0.139. The Morgan fingerprint density at radius 2 is 2.11 bits per heavy atom. The molecule has 1 heterocycles. The molecule has 1 unspecified atom stereocenters. The number of nitrogens with one attached hydrogen (secondary N) is 1. The van der Waals surface area contributed by atoms with Crippen LogP contribution in [0.1, 0.15) is 19.8 Å². The fourth-order valence-corrected chi connectivity index (χ4v) is 2.29. The zero-order valence-electron chi connectivity index (χ0n) is 11.5. The summed E-state index contributed by atoms with van der Waals surface area (Å²) in [5.41, 5.74) is 0. The highest BCUT2D eigenvalue weighted by Crippen LogP contribution is 2.09. The van der Waals surface area contributed by atoms with Gasteiger partial charge in [-0.3, -0.25) is 0 Å². The number of likely N-dealkylation sites (N-methyl/N-ethyl adjacent to an activating group) is 1. The number of aliphatic hydroxyl groups excluding tert-OH is 1. The van der Waals surface area contributed by atoms with E-state index in [1.807, 2.05) is 14.0 Å². The Hall–Kier alpha value is -1.34. The summed E-state index contributed by atoms with van der Waals surface area (Å²) in [5.74, 6) is -1.12. The van der Waals surface area contributed by atoms with Crippen LogP contribution in [0.15, 0.2) is 0 Å². The maximum absolute atomic E-state index is 12.1. The Bertz CT molecular complexity index is 324. The van der Waals surface area contributed by atoms with Crippen LogP contribution in [-0.2, 0) is 4.79 Å². The lowest BCUT2D eigenvalue weighted by Crippen LogP contribution is -2.52. The number of hydrogen-bond donors (Lipinski definition) is 3. The second-order valence-electron chi connectivity index (χ2n) is 5.01. The molecule has 2 atom stereocenters. The van der Waals surface area contributed by atoms with Gasteiger partial charge in [-0.15, -0.1) is 0 Å². The van der Waals surface area contributed by atoms with E-state index in [9.17, 15) is 9.59 Å². The van der Waals surface area contributed by atoms with Crippen LogP contribution in [0.5, 0.6) is 0 Å². The summed E-state index contributed by atoms with van der Waals surface area (Å²) in [6.07, 6.45) is 0.884. The van der Waals surface area contributed by atoms with Gasteiger partial charge in [0.25, 0.3) is 0 Å². The summed E-state index contributed by atoms with van der Waals surface area (Å²) in [5, 5.41) is 20.2. The first-order chi connectivity index (χ1) is 8.95. The number of carbonyl (C=O) groups is 2. The molecule has 2 amide bonds. The van der Waals surface area contributed by atoms with Crippen molar-refractivity contribution >= 4 is 12.0 Å². The second-order valence-corrected chi connectivity index (χ2v) is 5.01. The third kappa shape index (κ3) is 4.68. The summed E-state index contributed by atoms with van der Waals surface area (Å²) in [4.78, 5) is 26.9. The van der Waals surface area contributed by atoms with Gasteiger partial charge >= 0.3 is 12.0 Å². The molecule has 3 N–H and O–H groups in total. The van der Waals surface area contributed by atoms with Gasteiger partial charge in [0.15, 0.2) is 0 Å². The Kier molecular flexibility index (Phi) is 6.04. The zero-order valence-corrected chi connectivity index (χ0v) is 11.5. The standard InChI is InChI=1S/C12H23N3O4/c1-9-8-14(2)5-3-6-15(9)12(19)13-10(4-7-16)11(17)18/h9-10,16H,3-8H2,1-2H3,(H,13,19)(H,17,18)/t9?,10-/m0/s1. The average Bonchev–Trinajstić information content (AvgIpc) is 2.49. The summed E-state index contributed by atoms with van der Waals surface area (Å²) < 4.78 is 0. The van der Waals surface area contributed by atoms with Crippen molar-refractivity contribution in [2.45, 2.75) is 31.8 Å². The van der Waals surface area contributed by atoms with Gasteiger partial charge in [-0.1, -0.05) is 0 Å². The summed E-state index contributed by atoms with van der Waals surface area (Å²) >= 11 is 0. The quantitative estimate of drug-likeness (QED) is 0.645.